The molecule has 0 spiro atoms. The lowest BCUT2D eigenvalue weighted by molar-refractivity contribution is -0.129. The van der Waals surface area contributed by atoms with Crippen molar-refractivity contribution >= 4 is 5.91 Å². The molecule has 96 valence electrons. The SMILES string of the molecule is O=C1c2ccccc2C2(O)COCCOCCN12. The number of carbonyl (C=O) groups is 1. The van der Waals surface area contributed by atoms with Crippen molar-refractivity contribution in [1.29, 1.82) is 0 Å². The van der Waals surface area contributed by atoms with E-state index in [2.05, 4.69) is 0 Å². The monoisotopic (exact) mass is 249 g/mol. The Morgan fingerprint density at radius 3 is 2.83 bits per heavy atom. The number of nitrogens with zero attached hydrogens (tertiary/aromatic N) is 1. The molecule has 0 bridgehead atoms. The smallest absolute Gasteiger partial charge is 0.256 e. The average Bonchev–Trinajstić information content (AvgIpc) is 2.65. The molecule has 1 saturated heterocycles. The Kier molecular flexibility index (Phi) is 2.81. The van der Waals surface area contributed by atoms with Crippen molar-refractivity contribution in [2.24, 2.45) is 0 Å². The van der Waals surface area contributed by atoms with Gasteiger partial charge in [0.2, 0.25) is 0 Å². The first-order valence-corrected chi connectivity index (χ1v) is 6.03. The Labute approximate surface area is 105 Å². The fourth-order valence-corrected chi connectivity index (χ4v) is 2.51. The van der Waals surface area contributed by atoms with Gasteiger partial charge in [-0.1, -0.05) is 18.2 Å². The summed E-state index contributed by atoms with van der Waals surface area (Å²) in [5.74, 6) is -0.165. The van der Waals surface area contributed by atoms with Gasteiger partial charge in [-0.15, -0.1) is 0 Å². The molecule has 0 aliphatic carbocycles. The average molecular weight is 249 g/mol. The molecular weight excluding hydrogens is 234 g/mol. The van der Waals surface area contributed by atoms with Crippen LogP contribution in [-0.2, 0) is 15.2 Å². The van der Waals surface area contributed by atoms with Crippen LogP contribution in [0.1, 0.15) is 15.9 Å². The van der Waals surface area contributed by atoms with Crippen LogP contribution in [0.4, 0.5) is 0 Å². The Balaban J connectivity index is 2.04. The number of hydrogen-bond donors (Lipinski definition) is 1. The minimum absolute atomic E-state index is 0.0825. The predicted molar refractivity (Wildman–Crippen MR) is 63.0 cm³/mol. The second-order valence-corrected chi connectivity index (χ2v) is 4.48. The molecule has 2 heterocycles. The van der Waals surface area contributed by atoms with Gasteiger partial charge in [-0.2, -0.15) is 0 Å². The largest absolute Gasteiger partial charge is 0.377 e. The highest BCUT2D eigenvalue weighted by Gasteiger charge is 2.48. The number of carbonyl (C=O) groups excluding carboxylic acids is 1. The Bertz CT molecular complexity index is 476. The highest BCUT2D eigenvalue weighted by Crippen LogP contribution is 2.37. The topological polar surface area (TPSA) is 59.0 Å². The van der Waals surface area contributed by atoms with Gasteiger partial charge < -0.3 is 19.5 Å². The quantitative estimate of drug-likeness (QED) is 0.720. The maximum atomic E-state index is 12.3. The number of rotatable bonds is 0. The second kappa shape index (κ2) is 4.35. The summed E-state index contributed by atoms with van der Waals surface area (Å²) in [5.41, 5.74) is -0.192. The van der Waals surface area contributed by atoms with E-state index in [1.54, 1.807) is 18.2 Å². The van der Waals surface area contributed by atoms with Gasteiger partial charge in [0.15, 0.2) is 5.72 Å². The molecule has 1 fully saturated rings. The number of amides is 1. The zero-order valence-corrected chi connectivity index (χ0v) is 9.96. The van der Waals surface area contributed by atoms with Gasteiger partial charge in [0, 0.05) is 17.7 Å². The summed E-state index contributed by atoms with van der Waals surface area (Å²) in [6.45, 7) is 1.77. The van der Waals surface area contributed by atoms with Crippen molar-refractivity contribution in [3.05, 3.63) is 35.4 Å². The van der Waals surface area contributed by atoms with E-state index in [0.29, 0.717) is 37.5 Å². The summed E-state index contributed by atoms with van der Waals surface area (Å²) >= 11 is 0. The van der Waals surface area contributed by atoms with E-state index >= 15 is 0 Å². The molecule has 0 aromatic heterocycles. The molecule has 0 radical (unpaired) electrons. The summed E-state index contributed by atoms with van der Waals surface area (Å²) in [6.07, 6.45) is 0. The van der Waals surface area contributed by atoms with Gasteiger partial charge in [0.05, 0.1) is 26.4 Å². The number of benzene rings is 1. The maximum Gasteiger partial charge on any atom is 0.256 e. The molecule has 5 heteroatoms. The van der Waals surface area contributed by atoms with Gasteiger partial charge in [-0.25, -0.2) is 0 Å². The van der Waals surface area contributed by atoms with Crippen LogP contribution in [-0.4, -0.2) is 48.9 Å². The van der Waals surface area contributed by atoms with Gasteiger partial charge in [-0.05, 0) is 6.07 Å². The highest BCUT2D eigenvalue weighted by molar-refractivity contribution is 5.99. The molecule has 1 N–H and O–H groups in total. The first-order valence-electron chi connectivity index (χ1n) is 6.03. The van der Waals surface area contributed by atoms with Crippen molar-refractivity contribution in [2.75, 3.05) is 33.0 Å². The van der Waals surface area contributed by atoms with E-state index in [1.165, 1.54) is 4.90 Å². The molecule has 0 saturated carbocycles. The van der Waals surface area contributed by atoms with Crippen LogP contribution in [0.2, 0.25) is 0 Å². The predicted octanol–water partition coefficient (Wildman–Crippen LogP) is 0.334. The van der Waals surface area contributed by atoms with E-state index < -0.39 is 5.72 Å². The molecule has 1 aromatic carbocycles. The summed E-state index contributed by atoms with van der Waals surface area (Å²) in [7, 11) is 0. The molecular formula is C13H15NO4. The lowest BCUT2D eigenvalue weighted by atomic mass is 10.0. The Morgan fingerprint density at radius 2 is 1.94 bits per heavy atom. The molecule has 2 aliphatic heterocycles. The van der Waals surface area contributed by atoms with Gasteiger partial charge in [0.1, 0.15) is 0 Å². The molecule has 3 rings (SSSR count). The van der Waals surface area contributed by atoms with Crippen LogP contribution in [0.5, 0.6) is 0 Å². The van der Waals surface area contributed by atoms with E-state index in [0.717, 1.165) is 0 Å². The minimum atomic E-state index is -1.36. The fourth-order valence-electron chi connectivity index (χ4n) is 2.51. The molecule has 18 heavy (non-hydrogen) atoms. The minimum Gasteiger partial charge on any atom is -0.377 e. The number of fused-ring (bicyclic) bond motifs is 3. The molecule has 1 atom stereocenters. The Hall–Kier alpha value is -1.43. The number of aliphatic hydroxyl groups is 1. The van der Waals surface area contributed by atoms with E-state index in [4.69, 9.17) is 9.47 Å². The third kappa shape index (κ3) is 1.63. The summed E-state index contributed by atoms with van der Waals surface area (Å²) in [6, 6.07) is 7.12. The fraction of sp³-hybridized carbons (Fsp3) is 0.462. The van der Waals surface area contributed by atoms with Crippen molar-refractivity contribution < 1.29 is 19.4 Å². The zero-order valence-electron chi connectivity index (χ0n) is 9.96. The van der Waals surface area contributed by atoms with E-state index in [-0.39, 0.29) is 12.5 Å². The maximum absolute atomic E-state index is 12.3. The van der Waals surface area contributed by atoms with Crippen LogP contribution in [0.3, 0.4) is 0 Å². The zero-order chi connectivity index (χ0) is 12.6. The first-order chi connectivity index (χ1) is 8.73. The van der Waals surface area contributed by atoms with Crippen LogP contribution in [0, 0.1) is 0 Å². The number of hydrogen-bond acceptors (Lipinski definition) is 4. The molecule has 1 aromatic rings. The molecule has 5 nitrogen and oxygen atoms in total. The van der Waals surface area contributed by atoms with Gasteiger partial charge in [-0.3, -0.25) is 4.79 Å². The summed E-state index contributed by atoms with van der Waals surface area (Å²) in [5, 5.41) is 10.8. The normalized spacial score (nSPS) is 28.1. The highest BCUT2D eigenvalue weighted by atomic mass is 16.5. The standard InChI is InChI=1S/C13H15NO4/c15-12-10-3-1-2-4-11(10)13(16)9-18-8-7-17-6-5-14(12)13/h1-4,16H,5-9H2. The van der Waals surface area contributed by atoms with Crippen molar-refractivity contribution in [2.45, 2.75) is 5.72 Å². The number of ether oxygens (including phenoxy) is 2. The van der Waals surface area contributed by atoms with Crippen LogP contribution in [0.25, 0.3) is 0 Å². The molecule has 2 aliphatic rings. The third-order valence-corrected chi connectivity index (χ3v) is 3.42. The summed E-state index contributed by atoms with van der Waals surface area (Å²) < 4.78 is 10.7. The van der Waals surface area contributed by atoms with Crippen LogP contribution < -0.4 is 0 Å². The first kappa shape index (κ1) is 11.6. The van der Waals surface area contributed by atoms with Crippen LogP contribution in [0.15, 0.2) is 24.3 Å². The lowest BCUT2D eigenvalue weighted by Gasteiger charge is -2.33. The van der Waals surface area contributed by atoms with Gasteiger partial charge >= 0.3 is 0 Å². The van der Waals surface area contributed by atoms with Crippen molar-refractivity contribution in [3.8, 4) is 0 Å². The van der Waals surface area contributed by atoms with Gasteiger partial charge in [0.25, 0.3) is 5.91 Å². The molecule has 1 amide bonds. The van der Waals surface area contributed by atoms with Crippen LogP contribution >= 0.6 is 0 Å². The lowest BCUT2D eigenvalue weighted by Crippen LogP contribution is -2.48. The van der Waals surface area contributed by atoms with E-state index in [1.807, 2.05) is 6.07 Å². The van der Waals surface area contributed by atoms with Crippen molar-refractivity contribution in [1.82, 2.24) is 4.90 Å². The Morgan fingerprint density at radius 1 is 1.17 bits per heavy atom. The van der Waals surface area contributed by atoms with E-state index in [9.17, 15) is 9.90 Å². The second-order valence-electron chi connectivity index (χ2n) is 4.48. The summed E-state index contributed by atoms with van der Waals surface area (Å²) in [4.78, 5) is 13.7. The molecule has 1 unspecified atom stereocenters. The third-order valence-electron chi connectivity index (χ3n) is 3.42. The van der Waals surface area contributed by atoms with Crippen molar-refractivity contribution in [3.63, 3.8) is 0 Å².